The van der Waals surface area contributed by atoms with E-state index in [1.54, 1.807) is 28.7 Å². The molecule has 2 saturated heterocycles. The Kier molecular flexibility index (Phi) is 3.92. The van der Waals surface area contributed by atoms with Gasteiger partial charge in [-0.05, 0) is 19.1 Å². The summed E-state index contributed by atoms with van der Waals surface area (Å²) in [6.45, 7) is 4.04. The average Bonchev–Trinajstić information content (AvgIpc) is 2.82. The van der Waals surface area contributed by atoms with E-state index < -0.39 is 0 Å². The molecule has 3 rings (SSSR count). The van der Waals surface area contributed by atoms with Gasteiger partial charge in [0.15, 0.2) is 0 Å². The Morgan fingerprint density at radius 1 is 1.18 bits per heavy atom. The summed E-state index contributed by atoms with van der Waals surface area (Å²) in [4.78, 5) is 29.7. The number of hydrogen-bond acceptors (Lipinski definition) is 3. The predicted molar refractivity (Wildman–Crippen MR) is 81.6 cm³/mol. The standard InChI is InChI=1S/C16H21N3O3/c1-12-15(20)17(2)10-13-11-18(16(21)19(12)13)8-9-22-14-6-4-3-5-7-14/h3-7,12-13H,8-11H2,1-2H3/t12-,13+/m0/s1. The van der Waals surface area contributed by atoms with Crippen molar-refractivity contribution in [1.29, 1.82) is 0 Å². The monoisotopic (exact) mass is 303 g/mol. The van der Waals surface area contributed by atoms with Crippen LogP contribution in [0.25, 0.3) is 0 Å². The molecule has 0 aliphatic carbocycles. The van der Waals surface area contributed by atoms with E-state index in [1.807, 2.05) is 30.3 Å². The minimum atomic E-state index is -0.378. The maximum Gasteiger partial charge on any atom is 0.321 e. The molecule has 3 amide bonds. The average molecular weight is 303 g/mol. The van der Waals surface area contributed by atoms with Crippen molar-refractivity contribution in [2.75, 3.05) is 33.3 Å². The van der Waals surface area contributed by atoms with Crippen LogP contribution in [0.5, 0.6) is 5.75 Å². The van der Waals surface area contributed by atoms with Gasteiger partial charge >= 0.3 is 6.03 Å². The van der Waals surface area contributed by atoms with E-state index in [2.05, 4.69) is 0 Å². The van der Waals surface area contributed by atoms with Crippen LogP contribution in [0.4, 0.5) is 4.79 Å². The zero-order valence-electron chi connectivity index (χ0n) is 12.9. The summed E-state index contributed by atoms with van der Waals surface area (Å²) in [6.07, 6.45) is 0. The molecule has 1 aromatic rings. The number of ether oxygens (including phenoxy) is 1. The van der Waals surface area contributed by atoms with Gasteiger partial charge < -0.3 is 19.4 Å². The van der Waals surface area contributed by atoms with Gasteiger partial charge in [-0.25, -0.2) is 4.79 Å². The lowest BCUT2D eigenvalue weighted by molar-refractivity contribution is -0.139. The zero-order chi connectivity index (χ0) is 15.7. The van der Waals surface area contributed by atoms with E-state index in [0.717, 1.165) is 5.75 Å². The van der Waals surface area contributed by atoms with Crippen LogP contribution in [0.2, 0.25) is 0 Å². The number of rotatable bonds is 4. The number of urea groups is 1. The summed E-state index contributed by atoms with van der Waals surface area (Å²) in [7, 11) is 1.79. The molecule has 2 fully saturated rings. The predicted octanol–water partition coefficient (Wildman–Crippen LogP) is 1.03. The minimum Gasteiger partial charge on any atom is -0.492 e. The van der Waals surface area contributed by atoms with E-state index >= 15 is 0 Å². The first kappa shape index (κ1) is 14.7. The molecule has 2 aliphatic heterocycles. The first-order chi connectivity index (χ1) is 10.6. The van der Waals surface area contributed by atoms with Crippen LogP contribution in [0.3, 0.4) is 0 Å². The number of carbonyl (C=O) groups is 2. The number of nitrogens with zero attached hydrogens (tertiary/aromatic N) is 3. The van der Waals surface area contributed by atoms with Crippen molar-refractivity contribution in [1.82, 2.24) is 14.7 Å². The Morgan fingerprint density at radius 2 is 1.91 bits per heavy atom. The second kappa shape index (κ2) is 5.87. The smallest absolute Gasteiger partial charge is 0.321 e. The van der Waals surface area contributed by atoms with Gasteiger partial charge in [0.1, 0.15) is 18.4 Å². The van der Waals surface area contributed by atoms with Gasteiger partial charge in [-0.15, -0.1) is 0 Å². The fourth-order valence-electron chi connectivity index (χ4n) is 3.19. The van der Waals surface area contributed by atoms with Crippen molar-refractivity contribution in [3.63, 3.8) is 0 Å². The van der Waals surface area contributed by atoms with Crippen LogP contribution in [-0.2, 0) is 4.79 Å². The molecule has 1 aromatic carbocycles. The third kappa shape index (κ3) is 2.61. The lowest BCUT2D eigenvalue weighted by Gasteiger charge is -2.38. The molecule has 0 N–H and O–H groups in total. The third-order valence-electron chi connectivity index (χ3n) is 4.32. The van der Waals surface area contributed by atoms with Gasteiger partial charge in [-0.1, -0.05) is 18.2 Å². The van der Waals surface area contributed by atoms with E-state index in [9.17, 15) is 9.59 Å². The van der Waals surface area contributed by atoms with Crippen molar-refractivity contribution in [3.05, 3.63) is 30.3 Å². The number of hydrogen-bond donors (Lipinski definition) is 0. The molecule has 0 saturated carbocycles. The molecule has 6 heteroatoms. The lowest BCUT2D eigenvalue weighted by atomic mass is 10.1. The Hall–Kier alpha value is -2.24. The number of amides is 3. The highest BCUT2D eigenvalue weighted by atomic mass is 16.5. The van der Waals surface area contributed by atoms with Crippen LogP contribution >= 0.6 is 0 Å². The molecular formula is C16H21N3O3. The van der Waals surface area contributed by atoms with Crippen molar-refractivity contribution >= 4 is 11.9 Å². The summed E-state index contributed by atoms with van der Waals surface area (Å²) in [5.41, 5.74) is 0. The van der Waals surface area contributed by atoms with Gasteiger partial charge in [0.2, 0.25) is 5.91 Å². The second-order valence-electron chi connectivity index (χ2n) is 5.85. The topological polar surface area (TPSA) is 53.1 Å². The molecule has 0 radical (unpaired) electrons. The number of fused-ring (bicyclic) bond motifs is 1. The lowest BCUT2D eigenvalue weighted by Crippen LogP contribution is -2.58. The van der Waals surface area contributed by atoms with Crippen molar-refractivity contribution in [3.8, 4) is 5.75 Å². The molecule has 0 spiro atoms. The van der Waals surface area contributed by atoms with Gasteiger partial charge in [-0.2, -0.15) is 0 Å². The summed E-state index contributed by atoms with van der Waals surface area (Å²) in [5, 5.41) is 0. The van der Waals surface area contributed by atoms with E-state index in [0.29, 0.717) is 26.2 Å². The second-order valence-corrected chi connectivity index (χ2v) is 5.85. The van der Waals surface area contributed by atoms with Crippen molar-refractivity contribution < 1.29 is 14.3 Å². The fourth-order valence-corrected chi connectivity index (χ4v) is 3.19. The highest BCUT2D eigenvalue weighted by molar-refractivity contribution is 5.89. The van der Waals surface area contributed by atoms with E-state index in [4.69, 9.17) is 4.74 Å². The number of benzene rings is 1. The summed E-state index contributed by atoms with van der Waals surface area (Å²) in [6, 6.07) is 9.20. The largest absolute Gasteiger partial charge is 0.492 e. The maximum absolute atomic E-state index is 12.5. The first-order valence-corrected chi connectivity index (χ1v) is 7.58. The zero-order valence-corrected chi connectivity index (χ0v) is 12.9. The molecule has 2 aliphatic rings. The number of piperazine rings is 1. The molecule has 0 aromatic heterocycles. The van der Waals surface area contributed by atoms with Crippen LogP contribution in [0.1, 0.15) is 6.92 Å². The number of likely N-dealkylation sites (N-methyl/N-ethyl adjacent to an activating group) is 1. The Morgan fingerprint density at radius 3 is 2.64 bits per heavy atom. The number of carbonyl (C=O) groups excluding carboxylic acids is 2. The summed E-state index contributed by atoms with van der Waals surface area (Å²) in [5.74, 6) is 0.808. The first-order valence-electron chi connectivity index (χ1n) is 7.58. The highest BCUT2D eigenvalue weighted by Gasteiger charge is 2.46. The number of para-hydroxylation sites is 1. The van der Waals surface area contributed by atoms with Crippen LogP contribution in [-0.4, -0.2) is 72.0 Å². The highest BCUT2D eigenvalue weighted by Crippen LogP contribution is 2.24. The molecule has 0 bridgehead atoms. The minimum absolute atomic E-state index is 0.00647. The molecule has 118 valence electrons. The fraction of sp³-hybridized carbons (Fsp3) is 0.500. The van der Waals surface area contributed by atoms with Crippen LogP contribution in [0.15, 0.2) is 30.3 Å². The quantitative estimate of drug-likeness (QED) is 0.835. The SMILES string of the molecule is C[C@H]1C(=O)N(C)C[C@@H]2CN(CCOc3ccccc3)C(=O)N21. The van der Waals surface area contributed by atoms with Crippen LogP contribution in [0, 0.1) is 0 Å². The Labute approximate surface area is 130 Å². The summed E-state index contributed by atoms with van der Waals surface area (Å²) >= 11 is 0. The Balaban J connectivity index is 1.58. The van der Waals surface area contributed by atoms with Gasteiger partial charge in [-0.3, -0.25) is 4.79 Å². The molecule has 22 heavy (non-hydrogen) atoms. The summed E-state index contributed by atoms with van der Waals surface area (Å²) < 4.78 is 5.65. The normalized spacial score (nSPS) is 24.7. The van der Waals surface area contributed by atoms with Gasteiger partial charge in [0.25, 0.3) is 0 Å². The molecule has 2 heterocycles. The van der Waals surface area contributed by atoms with Crippen molar-refractivity contribution in [2.24, 2.45) is 0 Å². The molecular weight excluding hydrogens is 282 g/mol. The van der Waals surface area contributed by atoms with Gasteiger partial charge in [0.05, 0.1) is 12.6 Å². The Bertz CT molecular complexity index is 563. The molecule has 6 nitrogen and oxygen atoms in total. The maximum atomic E-state index is 12.5. The van der Waals surface area contributed by atoms with Crippen LogP contribution < -0.4 is 4.74 Å². The molecule has 2 atom stereocenters. The van der Waals surface area contributed by atoms with E-state index in [1.165, 1.54) is 0 Å². The van der Waals surface area contributed by atoms with E-state index in [-0.39, 0.29) is 24.0 Å². The van der Waals surface area contributed by atoms with Crippen molar-refractivity contribution in [2.45, 2.75) is 19.0 Å². The molecule has 0 unspecified atom stereocenters. The third-order valence-corrected chi connectivity index (χ3v) is 4.32. The van der Waals surface area contributed by atoms with Gasteiger partial charge in [0, 0.05) is 20.1 Å².